The highest BCUT2D eigenvalue weighted by molar-refractivity contribution is 5.93. The molecular weight excluding hydrogens is 263 g/mol. The fourth-order valence-corrected chi connectivity index (χ4v) is 2.05. The molecule has 6 heteroatoms. The number of halogens is 1. The Labute approximate surface area is 116 Å². The standard InChI is InChI=1S/C14H17FN2O3/c1-8(6-9-2-3-9)16-14(20)17-12-7-10(13(18)19)4-5-11(12)15/h4-5,7-9H,2-3,6H2,1H3,(H,18,19)(H2,16,17,20). The van der Waals surface area contributed by atoms with Gasteiger partial charge in [0, 0.05) is 6.04 Å². The molecule has 3 N–H and O–H groups in total. The number of nitrogens with one attached hydrogen (secondary N) is 2. The third-order valence-electron chi connectivity index (χ3n) is 3.22. The van der Waals surface area contributed by atoms with E-state index in [4.69, 9.17) is 5.11 Å². The van der Waals surface area contributed by atoms with Crippen LogP contribution in [0, 0.1) is 11.7 Å². The van der Waals surface area contributed by atoms with Crippen LogP contribution in [0.25, 0.3) is 0 Å². The van der Waals surface area contributed by atoms with Crippen molar-refractivity contribution in [2.45, 2.75) is 32.2 Å². The van der Waals surface area contributed by atoms with Gasteiger partial charge in [0.25, 0.3) is 0 Å². The molecule has 0 aromatic heterocycles. The Morgan fingerprint density at radius 1 is 1.45 bits per heavy atom. The molecule has 2 rings (SSSR count). The second-order valence-corrected chi connectivity index (χ2v) is 5.18. The number of hydrogen-bond donors (Lipinski definition) is 3. The maximum Gasteiger partial charge on any atom is 0.335 e. The SMILES string of the molecule is CC(CC1CC1)NC(=O)Nc1cc(C(=O)O)ccc1F. The van der Waals surface area contributed by atoms with Gasteiger partial charge in [-0.1, -0.05) is 12.8 Å². The number of amides is 2. The first-order chi connectivity index (χ1) is 9.45. The molecule has 2 amide bonds. The number of rotatable bonds is 5. The van der Waals surface area contributed by atoms with E-state index >= 15 is 0 Å². The monoisotopic (exact) mass is 280 g/mol. The lowest BCUT2D eigenvalue weighted by atomic mass is 10.1. The van der Waals surface area contributed by atoms with Crippen LogP contribution >= 0.6 is 0 Å². The largest absolute Gasteiger partial charge is 0.478 e. The predicted octanol–water partition coefficient (Wildman–Crippen LogP) is 2.83. The number of carbonyl (C=O) groups excluding carboxylic acids is 1. The van der Waals surface area contributed by atoms with Crippen molar-refractivity contribution in [1.82, 2.24) is 5.32 Å². The van der Waals surface area contributed by atoms with E-state index in [1.165, 1.54) is 12.8 Å². The molecule has 1 saturated carbocycles. The minimum Gasteiger partial charge on any atom is -0.478 e. The normalized spacial score (nSPS) is 15.5. The van der Waals surface area contributed by atoms with E-state index in [1.54, 1.807) is 0 Å². The van der Waals surface area contributed by atoms with Crippen molar-refractivity contribution in [2.75, 3.05) is 5.32 Å². The first kappa shape index (κ1) is 14.3. The van der Waals surface area contributed by atoms with Gasteiger partial charge in [-0.15, -0.1) is 0 Å². The first-order valence-corrected chi connectivity index (χ1v) is 6.56. The molecule has 1 fully saturated rings. The van der Waals surface area contributed by atoms with Crippen LogP contribution < -0.4 is 10.6 Å². The summed E-state index contributed by atoms with van der Waals surface area (Å²) in [6.45, 7) is 1.89. The molecule has 108 valence electrons. The van der Waals surface area contributed by atoms with Crippen molar-refractivity contribution in [3.8, 4) is 0 Å². The Balaban J connectivity index is 1.95. The molecule has 1 aliphatic carbocycles. The topological polar surface area (TPSA) is 78.4 Å². The second-order valence-electron chi connectivity index (χ2n) is 5.18. The van der Waals surface area contributed by atoms with Crippen molar-refractivity contribution < 1.29 is 19.1 Å². The molecular formula is C14H17FN2O3. The number of hydrogen-bond acceptors (Lipinski definition) is 2. The Hall–Kier alpha value is -2.11. The van der Waals surface area contributed by atoms with Gasteiger partial charge in [-0.3, -0.25) is 0 Å². The highest BCUT2D eigenvalue weighted by Gasteiger charge is 2.24. The van der Waals surface area contributed by atoms with Gasteiger partial charge in [-0.2, -0.15) is 0 Å². The van der Waals surface area contributed by atoms with Gasteiger partial charge in [-0.05, 0) is 37.5 Å². The fourth-order valence-electron chi connectivity index (χ4n) is 2.05. The number of anilines is 1. The molecule has 0 radical (unpaired) electrons. The lowest BCUT2D eigenvalue weighted by Crippen LogP contribution is -2.36. The van der Waals surface area contributed by atoms with Gasteiger partial charge in [0.05, 0.1) is 11.3 Å². The van der Waals surface area contributed by atoms with Gasteiger partial charge in [-0.25, -0.2) is 14.0 Å². The van der Waals surface area contributed by atoms with Crippen molar-refractivity contribution in [3.05, 3.63) is 29.6 Å². The molecule has 20 heavy (non-hydrogen) atoms. The zero-order valence-electron chi connectivity index (χ0n) is 11.1. The molecule has 0 heterocycles. The predicted molar refractivity (Wildman–Crippen MR) is 72.3 cm³/mol. The van der Waals surface area contributed by atoms with Crippen LogP contribution in [0.4, 0.5) is 14.9 Å². The summed E-state index contributed by atoms with van der Waals surface area (Å²) in [7, 11) is 0. The number of benzene rings is 1. The minimum atomic E-state index is -1.17. The van der Waals surface area contributed by atoms with Crippen LogP contribution in [0.1, 0.15) is 36.5 Å². The van der Waals surface area contributed by atoms with E-state index in [1.807, 2.05) is 6.92 Å². The number of carboxylic acid groups (broad SMARTS) is 1. The van der Waals surface area contributed by atoms with Crippen LogP contribution in [0.15, 0.2) is 18.2 Å². The lowest BCUT2D eigenvalue weighted by Gasteiger charge is -2.14. The van der Waals surface area contributed by atoms with E-state index < -0.39 is 17.8 Å². The van der Waals surface area contributed by atoms with Crippen LogP contribution in [0.2, 0.25) is 0 Å². The van der Waals surface area contributed by atoms with Crippen molar-refractivity contribution in [1.29, 1.82) is 0 Å². The molecule has 5 nitrogen and oxygen atoms in total. The average molecular weight is 280 g/mol. The second kappa shape index (κ2) is 5.90. The van der Waals surface area contributed by atoms with Crippen molar-refractivity contribution >= 4 is 17.7 Å². The molecule has 1 aliphatic rings. The summed E-state index contributed by atoms with van der Waals surface area (Å²) >= 11 is 0. The third-order valence-corrected chi connectivity index (χ3v) is 3.22. The number of aromatic carboxylic acids is 1. The Kier molecular flexibility index (Phi) is 4.22. The zero-order chi connectivity index (χ0) is 14.7. The number of carboxylic acids is 1. The van der Waals surface area contributed by atoms with Crippen LogP contribution in [-0.4, -0.2) is 23.1 Å². The molecule has 0 bridgehead atoms. The first-order valence-electron chi connectivity index (χ1n) is 6.56. The fraction of sp³-hybridized carbons (Fsp3) is 0.429. The summed E-state index contributed by atoms with van der Waals surface area (Å²) in [5.74, 6) is -1.16. The van der Waals surface area contributed by atoms with Gasteiger partial charge in [0.2, 0.25) is 0 Å². The van der Waals surface area contributed by atoms with Crippen molar-refractivity contribution in [3.63, 3.8) is 0 Å². The highest BCUT2D eigenvalue weighted by atomic mass is 19.1. The quantitative estimate of drug-likeness (QED) is 0.776. The van der Waals surface area contributed by atoms with Crippen LogP contribution in [0.5, 0.6) is 0 Å². The summed E-state index contributed by atoms with van der Waals surface area (Å²) in [6.07, 6.45) is 3.30. The minimum absolute atomic E-state index is 0.00761. The smallest absolute Gasteiger partial charge is 0.335 e. The highest BCUT2D eigenvalue weighted by Crippen LogP contribution is 2.33. The molecule has 1 aromatic carbocycles. The summed E-state index contributed by atoms with van der Waals surface area (Å²) in [4.78, 5) is 22.5. The van der Waals surface area contributed by atoms with Gasteiger partial charge in [0.1, 0.15) is 5.82 Å². The number of urea groups is 1. The molecule has 0 saturated heterocycles. The summed E-state index contributed by atoms with van der Waals surface area (Å²) in [5, 5.41) is 13.9. The maximum atomic E-state index is 13.5. The van der Waals surface area contributed by atoms with Gasteiger partial charge < -0.3 is 15.7 Å². The third kappa shape index (κ3) is 3.94. The summed E-state index contributed by atoms with van der Waals surface area (Å²) in [6, 6.07) is 2.75. The Morgan fingerprint density at radius 2 is 2.15 bits per heavy atom. The number of carbonyl (C=O) groups is 2. The van der Waals surface area contributed by atoms with Gasteiger partial charge >= 0.3 is 12.0 Å². The molecule has 1 aromatic rings. The van der Waals surface area contributed by atoms with Crippen LogP contribution in [-0.2, 0) is 0 Å². The van der Waals surface area contributed by atoms with Gasteiger partial charge in [0.15, 0.2) is 0 Å². The summed E-state index contributed by atoms with van der Waals surface area (Å²) < 4.78 is 13.5. The van der Waals surface area contributed by atoms with E-state index in [0.717, 1.165) is 24.6 Å². The molecule has 1 unspecified atom stereocenters. The maximum absolute atomic E-state index is 13.5. The Bertz CT molecular complexity index is 529. The average Bonchev–Trinajstić information content (AvgIpc) is 3.15. The van der Waals surface area contributed by atoms with E-state index in [0.29, 0.717) is 5.92 Å². The summed E-state index contributed by atoms with van der Waals surface area (Å²) in [5.41, 5.74) is -0.214. The molecule has 0 spiro atoms. The van der Waals surface area contributed by atoms with Crippen LogP contribution in [0.3, 0.4) is 0 Å². The van der Waals surface area contributed by atoms with E-state index in [9.17, 15) is 14.0 Å². The van der Waals surface area contributed by atoms with E-state index in [-0.39, 0.29) is 17.3 Å². The van der Waals surface area contributed by atoms with Crippen molar-refractivity contribution in [2.24, 2.45) is 5.92 Å². The molecule has 1 atom stereocenters. The Morgan fingerprint density at radius 3 is 2.75 bits per heavy atom. The van der Waals surface area contributed by atoms with E-state index in [2.05, 4.69) is 10.6 Å². The lowest BCUT2D eigenvalue weighted by molar-refractivity contribution is 0.0697. The zero-order valence-corrected chi connectivity index (χ0v) is 11.1. The molecule has 0 aliphatic heterocycles.